The van der Waals surface area contributed by atoms with Gasteiger partial charge in [-0.1, -0.05) is 0 Å². The Kier molecular flexibility index (Phi) is 6.09. The van der Waals surface area contributed by atoms with Gasteiger partial charge in [0.25, 0.3) is 5.91 Å². The molecule has 1 atom stereocenters. The molecule has 0 spiro atoms. The lowest BCUT2D eigenvalue weighted by molar-refractivity contribution is -0.138. The van der Waals surface area contributed by atoms with Crippen LogP contribution >= 0.6 is 12.6 Å². The Morgan fingerprint density at radius 3 is 2.72 bits per heavy atom. The second-order valence-corrected chi connectivity index (χ2v) is 3.74. The van der Waals surface area contributed by atoms with Gasteiger partial charge < -0.3 is 15.7 Å². The summed E-state index contributed by atoms with van der Waals surface area (Å²) in [4.78, 5) is 29.8. The SMILES string of the molecule is O=C(NCCN[C@@H](CS)C(=O)O)c1cnccn1. The number of nitrogens with zero attached hydrogens (tertiary/aromatic N) is 2. The van der Waals surface area contributed by atoms with E-state index in [0.717, 1.165) is 0 Å². The van der Waals surface area contributed by atoms with Crippen molar-refractivity contribution in [3.8, 4) is 0 Å². The van der Waals surface area contributed by atoms with E-state index < -0.39 is 12.0 Å². The summed E-state index contributed by atoms with van der Waals surface area (Å²) in [5, 5.41) is 14.1. The van der Waals surface area contributed by atoms with Crippen LogP contribution in [0.3, 0.4) is 0 Å². The molecule has 0 bridgehead atoms. The fourth-order valence-electron chi connectivity index (χ4n) is 1.16. The van der Waals surface area contributed by atoms with E-state index in [1.54, 1.807) is 0 Å². The molecule has 0 saturated carbocycles. The predicted octanol–water partition coefficient (Wildman–Crippen LogP) is -0.821. The van der Waals surface area contributed by atoms with Crippen LogP contribution in [0.1, 0.15) is 10.5 Å². The molecule has 0 radical (unpaired) electrons. The second-order valence-electron chi connectivity index (χ2n) is 3.37. The first kappa shape index (κ1) is 14.4. The number of nitrogens with one attached hydrogen (secondary N) is 2. The van der Waals surface area contributed by atoms with Crippen molar-refractivity contribution in [1.82, 2.24) is 20.6 Å². The van der Waals surface area contributed by atoms with Crippen molar-refractivity contribution in [3.05, 3.63) is 24.3 Å². The minimum absolute atomic E-state index is 0.188. The molecular formula is C10H14N4O3S. The van der Waals surface area contributed by atoms with Gasteiger partial charge in [0.05, 0.1) is 6.20 Å². The molecule has 1 rings (SSSR count). The number of carboxylic acid groups (broad SMARTS) is 1. The van der Waals surface area contributed by atoms with Gasteiger partial charge in [-0.05, 0) is 0 Å². The van der Waals surface area contributed by atoms with Crippen LogP contribution in [0, 0.1) is 0 Å². The van der Waals surface area contributed by atoms with Crippen molar-refractivity contribution < 1.29 is 14.7 Å². The number of thiol groups is 1. The molecule has 0 aliphatic rings. The highest BCUT2D eigenvalue weighted by Gasteiger charge is 2.14. The third-order valence-electron chi connectivity index (χ3n) is 2.08. The highest BCUT2D eigenvalue weighted by Crippen LogP contribution is 1.89. The first-order valence-corrected chi connectivity index (χ1v) is 5.89. The number of hydrogen-bond acceptors (Lipinski definition) is 6. The number of carboxylic acids is 1. The fourth-order valence-corrected chi connectivity index (χ4v) is 1.44. The second kappa shape index (κ2) is 7.62. The van der Waals surface area contributed by atoms with Gasteiger partial charge in [0.2, 0.25) is 0 Å². The van der Waals surface area contributed by atoms with Crippen molar-refractivity contribution in [2.45, 2.75) is 6.04 Å². The molecule has 1 heterocycles. The Morgan fingerprint density at radius 2 is 2.17 bits per heavy atom. The quantitative estimate of drug-likeness (QED) is 0.381. The van der Waals surface area contributed by atoms with Crippen LogP contribution in [-0.2, 0) is 4.79 Å². The zero-order chi connectivity index (χ0) is 13.4. The Hall–Kier alpha value is -1.67. The van der Waals surface area contributed by atoms with Gasteiger partial charge in [0, 0.05) is 31.2 Å². The average molecular weight is 270 g/mol. The predicted molar refractivity (Wildman–Crippen MR) is 67.6 cm³/mol. The molecule has 0 saturated heterocycles. The van der Waals surface area contributed by atoms with E-state index in [9.17, 15) is 9.59 Å². The maximum Gasteiger partial charge on any atom is 0.321 e. The van der Waals surface area contributed by atoms with Crippen LogP contribution in [0.4, 0.5) is 0 Å². The number of aromatic nitrogens is 2. The minimum Gasteiger partial charge on any atom is -0.480 e. The maximum absolute atomic E-state index is 11.5. The molecule has 0 fully saturated rings. The molecule has 3 N–H and O–H groups in total. The highest BCUT2D eigenvalue weighted by atomic mass is 32.1. The van der Waals surface area contributed by atoms with Crippen molar-refractivity contribution in [1.29, 1.82) is 0 Å². The number of amides is 1. The van der Waals surface area contributed by atoms with Gasteiger partial charge in [0.15, 0.2) is 0 Å². The van der Waals surface area contributed by atoms with Gasteiger partial charge >= 0.3 is 5.97 Å². The van der Waals surface area contributed by atoms with Crippen LogP contribution in [-0.4, -0.2) is 51.8 Å². The van der Waals surface area contributed by atoms with Crippen molar-refractivity contribution in [2.24, 2.45) is 0 Å². The molecule has 8 heteroatoms. The molecule has 0 unspecified atom stereocenters. The maximum atomic E-state index is 11.5. The number of hydrogen-bond donors (Lipinski definition) is 4. The monoisotopic (exact) mass is 270 g/mol. The zero-order valence-corrected chi connectivity index (χ0v) is 10.4. The van der Waals surface area contributed by atoms with E-state index in [2.05, 4.69) is 33.2 Å². The van der Waals surface area contributed by atoms with Crippen LogP contribution in [0.25, 0.3) is 0 Å². The lowest BCUT2D eigenvalue weighted by Crippen LogP contribution is -2.42. The summed E-state index contributed by atoms with van der Waals surface area (Å²) in [6, 6.07) is -0.721. The first-order valence-electron chi connectivity index (χ1n) is 5.26. The Balaban J connectivity index is 2.26. The van der Waals surface area contributed by atoms with Crippen molar-refractivity contribution in [2.75, 3.05) is 18.8 Å². The smallest absolute Gasteiger partial charge is 0.321 e. The molecule has 0 aliphatic heterocycles. The number of carbonyl (C=O) groups is 2. The van der Waals surface area contributed by atoms with Crippen LogP contribution < -0.4 is 10.6 Å². The summed E-state index contributed by atoms with van der Waals surface area (Å²) in [6.07, 6.45) is 4.26. The Morgan fingerprint density at radius 1 is 1.39 bits per heavy atom. The molecule has 18 heavy (non-hydrogen) atoms. The number of aliphatic carboxylic acids is 1. The van der Waals surface area contributed by atoms with Crippen LogP contribution in [0.15, 0.2) is 18.6 Å². The van der Waals surface area contributed by atoms with Crippen molar-refractivity contribution >= 4 is 24.5 Å². The van der Waals surface area contributed by atoms with Gasteiger partial charge in [-0.25, -0.2) is 4.98 Å². The Bertz CT molecular complexity index is 401. The average Bonchev–Trinajstić information content (AvgIpc) is 2.39. The Labute approximate surface area is 109 Å². The fraction of sp³-hybridized carbons (Fsp3) is 0.400. The van der Waals surface area contributed by atoms with E-state index in [1.165, 1.54) is 18.6 Å². The molecule has 1 amide bonds. The molecule has 7 nitrogen and oxygen atoms in total. The summed E-state index contributed by atoms with van der Waals surface area (Å²) in [5.74, 6) is -1.12. The lowest BCUT2D eigenvalue weighted by atomic mass is 10.3. The van der Waals surface area contributed by atoms with Gasteiger partial charge in [-0.15, -0.1) is 0 Å². The van der Waals surface area contributed by atoms with E-state index in [4.69, 9.17) is 5.11 Å². The van der Waals surface area contributed by atoms with Crippen LogP contribution in [0.2, 0.25) is 0 Å². The van der Waals surface area contributed by atoms with Crippen molar-refractivity contribution in [3.63, 3.8) is 0 Å². The normalized spacial score (nSPS) is 11.8. The van der Waals surface area contributed by atoms with Crippen LogP contribution in [0.5, 0.6) is 0 Å². The van der Waals surface area contributed by atoms with E-state index >= 15 is 0 Å². The van der Waals surface area contributed by atoms with E-state index in [0.29, 0.717) is 13.1 Å². The van der Waals surface area contributed by atoms with Gasteiger partial charge in [-0.2, -0.15) is 12.6 Å². The molecule has 1 aromatic rings. The third-order valence-corrected chi connectivity index (χ3v) is 2.44. The highest BCUT2D eigenvalue weighted by molar-refractivity contribution is 7.80. The number of carbonyl (C=O) groups excluding carboxylic acids is 1. The third kappa shape index (κ3) is 4.68. The van der Waals surface area contributed by atoms with E-state index in [-0.39, 0.29) is 17.4 Å². The molecule has 1 aromatic heterocycles. The topological polar surface area (TPSA) is 104 Å². The molecular weight excluding hydrogens is 256 g/mol. The number of rotatable bonds is 7. The summed E-state index contributed by atoms with van der Waals surface area (Å²) in [5.41, 5.74) is 0.224. The summed E-state index contributed by atoms with van der Waals surface area (Å²) < 4.78 is 0. The lowest BCUT2D eigenvalue weighted by Gasteiger charge is -2.11. The zero-order valence-electron chi connectivity index (χ0n) is 9.54. The standard InChI is InChI=1S/C10H14N4O3S/c15-9(7-5-11-1-2-12-7)14-4-3-13-8(6-18)10(16)17/h1-2,5,8,13,18H,3-4,6H2,(H,14,15)(H,16,17)/t8-/m0/s1. The molecule has 0 aromatic carbocycles. The largest absolute Gasteiger partial charge is 0.480 e. The summed E-state index contributed by atoms with van der Waals surface area (Å²) in [7, 11) is 0. The summed E-state index contributed by atoms with van der Waals surface area (Å²) in [6.45, 7) is 0.635. The van der Waals surface area contributed by atoms with E-state index in [1.807, 2.05) is 0 Å². The van der Waals surface area contributed by atoms with Gasteiger partial charge in [0.1, 0.15) is 11.7 Å². The first-order chi connectivity index (χ1) is 8.65. The van der Waals surface area contributed by atoms with Gasteiger partial charge in [-0.3, -0.25) is 14.6 Å². The minimum atomic E-state index is -0.967. The molecule has 0 aliphatic carbocycles. The molecule has 98 valence electrons. The summed E-state index contributed by atoms with van der Waals surface area (Å²) >= 11 is 3.91.